The molecule has 5 rings (SSSR count). The summed E-state index contributed by atoms with van der Waals surface area (Å²) < 4.78 is 47.1. The van der Waals surface area contributed by atoms with Gasteiger partial charge in [-0.3, -0.25) is 0 Å². The molecule has 200 valence electrons. The summed E-state index contributed by atoms with van der Waals surface area (Å²) in [4.78, 5) is 11.2. The Morgan fingerprint density at radius 3 is 2.58 bits per heavy atom. The minimum atomic E-state index is -4.72. The van der Waals surface area contributed by atoms with Gasteiger partial charge in [0.1, 0.15) is 17.6 Å². The number of nitrogens with zero attached hydrogens (tertiary/aromatic N) is 4. The number of oxazole rings is 1. The summed E-state index contributed by atoms with van der Waals surface area (Å²) in [5, 5.41) is 12.5. The fraction of sp³-hybridized carbons (Fsp3) is 0.464. The standard InChI is InChI=1S/C28H30F3N5O2/c29-28(30,31)38-23-10-8-21(9-11-23)25-17-34-27(37-25)35-24-6-2-1-5-22(24)14-19-4-3-13-36(18-19)26-12-7-20(15-32)16-33-26/h7-12,16-17,19,22,24H,1-6,13-14,18H2,(H,34,35)/t19?,22-,24+/m0/s1. The lowest BCUT2D eigenvalue weighted by Crippen LogP contribution is -2.39. The third-order valence-electron chi connectivity index (χ3n) is 7.45. The van der Waals surface area contributed by atoms with E-state index in [-0.39, 0.29) is 11.8 Å². The van der Waals surface area contributed by atoms with Crippen molar-refractivity contribution in [1.82, 2.24) is 9.97 Å². The lowest BCUT2D eigenvalue weighted by Gasteiger charge is -2.38. The molecule has 0 amide bonds. The van der Waals surface area contributed by atoms with E-state index in [1.54, 1.807) is 12.4 Å². The second-order valence-electron chi connectivity index (χ2n) is 10.1. The highest BCUT2D eigenvalue weighted by Crippen LogP contribution is 2.36. The molecule has 38 heavy (non-hydrogen) atoms. The first-order valence-corrected chi connectivity index (χ1v) is 13.1. The van der Waals surface area contributed by atoms with Crippen LogP contribution in [0.15, 0.2) is 53.2 Å². The van der Waals surface area contributed by atoms with Crippen molar-refractivity contribution in [2.24, 2.45) is 11.8 Å². The Morgan fingerprint density at radius 2 is 1.84 bits per heavy atom. The molecular weight excluding hydrogens is 495 g/mol. The van der Waals surface area contributed by atoms with E-state index < -0.39 is 6.36 Å². The highest BCUT2D eigenvalue weighted by molar-refractivity contribution is 5.58. The lowest BCUT2D eigenvalue weighted by atomic mass is 9.77. The van der Waals surface area contributed by atoms with Gasteiger partial charge in [0.25, 0.3) is 6.01 Å². The van der Waals surface area contributed by atoms with E-state index in [0.717, 1.165) is 51.0 Å². The van der Waals surface area contributed by atoms with Gasteiger partial charge in [-0.1, -0.05) is 12.8 Å². The SMILES string of the molecule is N#Cc1ccc(N2CCCC(C[C@@H]3CCCC[C@H]3Nc3ncc(-c4ccc(OC(F)(F)F)cc4)o3)C2)nc1. The van der Waals surface area contributed by atoms with Gasteiger partial charge in [0.15, 0.2) is 5.76 Å². The van der Waals surface area contributed by atoms with Gasteiger partial charge in [0.2, 0.25) is 0 Å². The second kappa shape index (κ2) is 11.3. The van der Waals surface area contributed by atoms with Gasteiger partial charge in [-0.15, -0.1) is 13.2 Å². The molecular formula is C28H30F3N5O2. The van der Waals surface area contributed by atoms with Crippen LogP contribution in [-0.2, 0) is 0 Å². The number of aromatic nitrogens is 2. The molecule has 0 bridgehead atoms. The van der Waals surface area contributed by atoms with E-state index >= 15 is 0 Å². The molecule has 0 radical (unpaired) electrons. The molecule has 1 unspecified atom stereocenters. The van der Waals surface area contributed by atoms with E-state index in [9.17, 15) is 13.2 Å². The van der Waals surface area contributed by atoms with Crippen molar-refractivity contribution in [2.45, 2.75) is 57.3 Å². The van der Waals surface area contributed by atoms with Gasteiger partial charge in [-0.05, 0) is 80.3 Å². The molecule has 1 aliphatic carbocycles. The smallest absolute Gasteiger partial charge is 0.424 e. The zero-order chi connectivity index (χ0) is 26.5. The van der Waals surface area contributed by atoms with E-state index in [2.05, 4.69) is 31.0 Å². The van der Waals surface area contributed by atoms with Crippen molar-refractivity contribution in [3.05, 3.63) is 54.4 Å². The Labute approximate surface area is 219 Å². The summed E-state index contributed by atoms with van der Waals surface area (Å²) in [7, 11) is 0. The van der Waals surface area contributed by atoms with Crippen LogP contribution in [0.4, 0.5) is 25.0 Å². The number of alkyl halides is 3. The van der Waals surface area contributed by atoms with Crippen molar-refractivity contribution in [3.8, 4) is 23.1 Å². The van der Waals surface area contributed by atoms with Gasteiger partial charge >= 0.3 is 6.36 Å². The molecule has 1 N–H and O–H groups in total. The highest BCUT2D eigenvalue weighted by atomic mass is 19.4. The van der Waals surface area contributed by atoms with Crippen LogP contribution in [0.25, 0.3) is 11.3 Å². The Morgan fingerprint density at radius 1 is 1.03 bits per heavy atom. The second-order valence-corrected chi connectivity index (χ2v) is 10.1. The third kappa shape index (κ3) is 6.57. The molecule has 2 aliphatic rings. The van der Waals surface area contributed by atoms with Crippen LogP contribution >= 0.6 is 0 Å². The predicted molar refractivity (Wildman–Crippen MR) is 136 cm³/mol. The molecule has 1 saturated heterocycles. The van der Waals surface area contributed by atoms with E-state index in [4.69, 9.17) is 9.68 Å². The number of halogens is 3. The van der Waals surface area contributed by atoms with Crippen LogP contribution in [0.3, 0.4) is 0 Å². The molecule has 7 nitrogen and oxygen atoms in total. The zero-order valence-electron chi connectivity index (χ0n) is 21.0. The number of nitrogens with one attached hydrogen (secondary N) is 1. The topological polar surface area (TPSA) is 87.2 Å². The van der Waals surface area contributed by atoms with Crippen molar-refractivity contribution in [2.75, 3.05) is 23.3 Å². The maximum Gasteiger partial charge on any atom is 0.573 e. The third-order valence-corrected chi connectivity index (χ3v) is 7.45. The van der Waals surface area contributed by atoms with E-state index in [1.165, 1.54) is 37.1 Å². The maximum atomic E-state index is 12.4. The van der Waals surface area contributed by atoms with Crippen LogP contribution in [-0.4, -0.2) is 35.5 Å². The summed E-state index contributed by atoms with van der Waals surface area (Å²) in [5.41, 5.74) is 1.19. The van der Waals surface area contributed by atoms with Gasteiger partial charge < -0.3 is 19.4 Å². The molecule has 1 aliphatic heterocycles. The molecule has 2 aromatic heterocycles. The van der Waals surface area contributed by atoms with Crippen LogP contribution in [0.5, 0.6) is 5.75 Å². The zero-order valence-corrected chi connectivity index (χ0v) is 21.0. The summed E-state index contributed by atoms with van der Waals surface area (Å²) in [6.45, 7) is 1.93. The van der Waals surface area contributed by atoms with Crippen molar-refractivity contribution >= 4 is 11.8 Å². The van der Waals surface area contributed by atoms with Crippen LogP contribution in [0.2, 0.25) is 0 Å². The molecule has 1 saturated carbocycles. The number of rotatable bonds is 7. The molecule has 3 atom stereocenters. The first kappa shape index (κ1) is 25.9. The number of hydrogen-bond donors (Lipinski definition) is 1. The molecule has 3 heterocycles. The number of hydrogen-bond acceptors (Lipinski definition) is 7. The molecule has 0 spiro atoms. The first-order valence-electron chi connectivity index (χ1n) is 13.1. The van der Waals surface area contributed by atoms with Gasteiger partial charge in [-0.25, -0.2) is 9.97 Å². The Bertz CT molecular complexity index is 1240. The normalized spacial score (nSPS) is 22.1. The maximum absolute atomic E-state index is 12.4. The average Bonchev–Trinajstić information content (AvgIpc) is 3.38. The number of piperidine rings is 1. The van der Waals surface area contributed by atoms with Crippen LogP contribution in [0, 0.1) is 23.2 Å². The number of ether oxygens (including phenoxy) is 1. The summed E-state index contributed by atoms with van der Waals surface area (Å²) in [6, 6.07) is 12.1. The van der Waals surface area contributed by atoms with Gasteiger partial charge in [0.05, 0.1) is 11.8 Å². The predicted octanol–water partition coefficient (Wildman–Crippen LogP) is 6.78. The van der Waals surface area contributed by atoms with Crippen molar-refractivity contribution in [3.63, 3.8) is 0 Å². The summed E-state index contributed by atoms with van der Waals surface area (Å²) >= 11 is 0. The number of nitriles is 1. The van der Waals surface area contributed by atoms with Gasteiger partial charge in [0, 0.05) is 30.9 Å². The quantitative estimate of drug-likeness (QED) is 0.364. The molecule has 1 aromatic carbocycles. The largest absolute Gasteiger partial charge is 0.573 e. The molecule has 3 aromatic rings. The average molecular weight is 526 g/mol. The first-order chi connectivity index (χ1) is 18.4. The summed E-state index contributed by atoms with van der Waals surface area (Å²) in [6.07, 6.45) is 6.46. The number of anilines is 2. The minimum Gasteiger partial charge on any atom is -0.424 e. The van der Waals surface area contributed by atoms with E-state index in [0.29, 0.717) is 34.7 Å². The van der Waals surface area contributed by atoms with Crippen LogP contribution in [0.1, 0.15) is 50.5 Å². The molecule has 2 fully saturated rings. The Hall–Kier alpha value is -3.74. The monoisotopic (exact) mass is 525 g/mol. The number of benzene rings is 1. The minimum absolute atomic E-state index is 0.251. The van der Waals surface area contributed by atoms with Gasteiger partial charge in [-0.2, -0.15) is 5.26 Å². The molecule has 10 heteroatoms. The van der Waals surface area contributed by atoms with Crippen molar-refractivity contribution < 1.29 is 22.3 Å². The fourth-order valence-corrected chi connectivity index (χ4v) is 5.67. The number of pyridine rings is 1. The Kier molecular flexibility index (Phi) is 7.72. The van der Waals surface area contributed by atoms with Crippen molar-refractivity contribution in [1.29, 1.82) is 5.26 Å². The highest BCUT2D eigenvalue weighted by Gasteiger charge is 2.32. The Balaban J connectivity index is 1.19. The fourth-order valence-electron chi connectivity index (χ4n) is 5.67. The lowest BCUT2D eigenvalue weighted by molar-refractivity contribution is -0.274. The summed E-state index contributed by atoms with van der Waals surface area (Å²) in [5.74, 6) is 2.19. The van der Waals surface area contributed by atoms with Crippen LogP contribution < -0.4 is 15.0 Å². The van der Waals surface area contributed by atoms with E-state index in [1.807, 2.05) is 12.1 Å².